The zero-order chi connectivity index (χ0) is 18.2. The first-order valence-corrected chi connectivity index (χ1v) is 8.12. The van der Waals surface area contributed by atoms with Gasteiger partial charge in [-0.2, -0.15) is 0 Å². The third-order valence-corrected chi connectivity index (χ3v) is 3.75. The van der Waals surface area contributed by atoms with Gasteiger partial charge in [0.25, 0.3) is 5.91 Å². The van der Waals surface area contributed by atoms with E-state index >= 15 is 0 Å². The third kappa shape index (κ3) is 5.93. The molecule has 6 heteroatoms. The lowest BCUT2D eigenvalue weighted by Crippen LogP contribution is -2.90. The number of nitrogens with one attached hydrogen (secondary N) is 2. The van der Waals surface area contributed by atoms with E-state index in [-0.39, 0.29) is 17.9 Å². The number of hydrogen-bond donors (Lipinski definition) is 3. The van der Waals surface area contributed by atoms with Gasteiger partial charge in [-0.05, 0) is 55.5 Å². The van der Waals surface area contributed by atoms with Crippen LogP contribution in [0.2, 0.25) is 0 Å². The first kappa shape index (κ1) is 18.5. The molecule has 4 N–H and O–H groups in total. The topological polar surface area (TPSA) is 84.0 Å². The average Bonchev–Trinajstić information content (AvgIpc) is 2.61. The van der Waals surface area contributed by atoms with Crippen LogP contribution in [0.15, 0.2) is 48.5 Å². The van der Waals surface area contributed by atoms with Crippen molar-refractivity contribution in [3.05, 3.63) is 54.1 Å². The minimum absolute atomic E-state index is 0.0687. The zero-order valence-corrected chi connectivity index (χ0v) is 14.7. The number of amides is 2. The van der Waals surface area contributed by atoms with Gasteiger partial charge >= 0.3 is 0 Å². The number of carbonyl (C=O) groups excluding carboxylic acids is 2. The van der Waals surface area contributed by atoms with Crippen LogP contribution in [0.4, 0.5) is 11.4 Å². The van der Waals surface area contributed by atoms with Crippen LogP contribution in [0.3, 0.4) is 0 Å². The number of quaternary nitrogens is 1. The number of rotatable bonds is 7. The van der Waals surface area contributed by atoms with Crippen LogP contribution in [-0.2, 0) is 16.1 Å². The molecule has 2 aromatic carbocycles. The van der Waals surface area contributed by atoms with E-state index in [1.807, 2.05) is 36.5 Å². The van der Waals surface area contributed by atoms with E-state index in [4.69, 9.17) is 4.74 Å². The Kier molecular flexibility index (Phi) is 6.54. The molecular formula is C19H24N3O3+. The monoisotopic (exact) mass is 342 g/mol. The summed E-state index contributed by atoms with van der Waals surface area (Å²) in [6.45, 7) is 4.03. The van der Waals surface area contributed by atoms with Gasteiger partial charge in [0.1, 0.15) is 12.3 Å². The molecule has 6 nitrogen and oxygen atoms in total. The summed E-state index contributed by atoms with van der Waals surface area (Å²) in [6, 6.07) is 14.6. The number of anilines is 2. The summed E-state index contributed by atoms with van der Waals surface area (Å²) in [5, 5.41) is 7.54. The van der Waals surface area contributed by atoms with Crippen LogP contribution >= 0.6 is 0 Å². The van der Waals surface area contributed by atoms with Gasteiger partial charge in [0.2, 0.25) is 5.91 Å². The summed E-state index contributed by atoms with van der Waals surface area (Å²) in [4.78, 5) is 23.3. The number of hydrogen-bond acceptors (Lipinski definition) is 3. The van der Waals surface area contributed by atoms with Crippen LogP contribution in [0, 0.1) is 0 Å². The molecule has 0 fully saturated rings. The lowest BCUT2D eigenvalue weighted by atomic mass is 10.2. The highest BCUT2D eigenvalue weighted by atomic mass is 16.5. The van der Waals surface area contributed by atoms with E-state index in [1.54, 1.807) is 31.4 Å². The average molecular weight is 342 g/mol. The summed E-state index contributed by atoms with van der Waals surface area (Å²) in [6.07, 6.45) is 0. The Morgan fingerprint density at radius 2 is 1.56 bits per heavy atom. The van der Waals surface area contributed by atoms with Gasteiger partial charge in [-0.1, -0.05) is 0 Å². The van der Waals surface area contributed by atoms with Gasteiger partial charge < -0.3 is 20.7 Å². The maximum absolute atomic E-state index is 12.3. The molecule has 0 saturated carbocycles. The number of methoxy groups -OCH3 is 1. The predicted molar refractivity (Wildman–Crippen MR) is 97.5 cm³/mol. The number of nitrogens with two attached hydrogens (primary N) is 1. The molecule has 0 unspecified atom stereocenters. The number of benzene rings is 2. The smallest absolute Gasteiger partial charge is 0.282 e. The molecule has 2 aromatic rings. The van der Waals surface area contributed by atoms with E-state index in [1.165, 1.54) is 6.92 Å². The van der Waals surface area contributed by atoms with Gasteiger partial charge in [-0.25, -0.2) is 0 Å². The molecule has 0 aliphatic rings. The van der Waals surface area contributed by atoms with Crippen LogP contribution in [0.5, 0.6) is 5.75 Å². The molecule has 0 aliphatic carbocycles. The van der Waals surface area contributed by atoms with E-state index in [0.717, 1.165) is 11.3 Å². The Balaban J connectivity index is 1.83. The van der Waals surface area contributed by atoms with Gasteiger partial charge in [0.15, 0.2) is 6.04 Å². The van der Waals surface area contributed by atoms with Crippen LogP contribution in [0.1, 0.15) is 19.4 Å². The summed E-state index contributed by atoms with van der Waals surface area (Å²) < 4.78 is 5.13. The molecule has 0 spiro atoms. The van der Waals surface area contributed by atoms with Crippen molar-refractivity contribution < 1.29 is 19.6 Å². The minimum atomic E-state index is -0.225. The zero-order valence-electron chi connectivity index (χ0n) is 14.7. The number of carbonyl (C=O) groups is 2. The summed E-state index contributed by atoms with van der Waals surface area (Å²) in [5.74, 6) is 0.622. The second-order valence-electron chi connectivity index (χ2n) is 5.82. The first-order valence-electron chi connectivity index (χ1n) is 8.12. The standard InChI is InChI=1S/C19H23N3O3/c1-13(20-12-15-4-10-18(25-3)11-5-15)19(24)22-17-8-6-16(7-9-17)21-14(2)23/h4-11,13,20H,12H2,1-3H3,(H,21,23)(H,22,24)/p+1/t13-/m1/s1. The molecule has 25 heavy (non-hydrogen) atoms. The van der Waals surface area contributed by atoms with E-state index in [0.29, 0.717) is 17.9 Å². The summed E-state index contributed by atoms with van der Waals surface area (Å²) in [7, 11) is 1.64. The van der Waals surface area contributed by atoms with Crippen molar-refractivity contribution in [1.82, 2.24) is 0 Å². The minimum Gasteiger partial charge on any atom is -0.497 e. The Bertz CT molecular complexity index is 712. The van der Waals surface area contributed by atoms with Crippen molar-refractivity contribution in [3.8, 4) is 5.75 Å². The molecule has 132 valence electrons. The predicted octanol–water partition coefficient (Wildman–Crippen LogP) is 1.74. The molecule has 0 aromatic heterocycles. The first-order chi connectivity index (χ1) is 12.0. The van der Waals surface area contributed by atoms with E-state index in [9.17, 15) is 9.59 Å². The second kappa shape index (κ2) is 8.84. The molecule has 0 aliphatic heterocycles. The molecule has 1 atom stereocenters. The SMILES string of the molecule is COc1ccc(C[NH2+][C@H](C)C(=O)Nc2ccc(NC(C)=O)cc2)cc1. The lowest BCUT2D eigenvalue weighted by Gasteiger charge is -2.12. The van der Waals surface area contributed by atoms with E-state index in [2.05, 4.69) is 10.6 Å². The van der Waals surface area contributed by atoms with Gasteiger partial charge in [0.05, 0.1) is 7.11 Å². The second-order valence-corrected chi connectivity index (χ2v) is 5.82. The fraction of sp³-hybridized carbons (Fsp3) is 0.263. The summed E-state index contributed by atoms with van der Waals surface area (Å²) >= 11 is 0. The molecule has 0 radical (unpaired) electrons. The van der Waals surface area contributed by atoms with Crippen molar-refractivity contribution in [2.75, 3.05) is 17.7 Å². The van der Waals surface area contributed by atoms with Crippen molar-refractivity contribution >= 4 is 23.2 Å². The van der Waals surface area contributed by atoms with Gasteiger partial charge in [-0.15, -0.1) is 0 Å². The van der Waals surface area contributed by atoms with Crippen molar-refractivity contribution in [3.63, 3.8) is 0 Å². The quantitative estimate of drug-likeness (QED) is 0.717. The van der Waals surface area contributed by atoms with Crippen LogP contribution in [0.25, 0.3) is 0 Å². The van der Waals surface area contributed by atoms with Crippen LogP contribution < -0.4 is 20.7 Å². The Hall–Kier alpha value is -2.86. The van der Waals surface area contributed by atoms with Crippen molar-refractivity contribution in [2.24, 2.45) is 0 Å². The Labute approximate surface area is 147 Å². The van der Waals surface area contributed by atoms with Crippen molar-refractivity contribution in [1.29, 1.82) is 0 Å². The molecule has 0 saturated heterocycles. The fourth-order valence-corrected chi connectivity index (χ4v) is 2.28. The highest BCUT2D eigenvalue weighted by Crippen LogP contribution is 2.13. The Morgan fingerprint density at radius 3 is 2.08 bits per heavy atom. The Morgan fingerprint density at radius 1 is 1.00 bits per heavy atom. The largest absolute Gasteiger partial charge is 0.497 e. The number of ether oxygens (including phenoxy) is 1. The van der Waals surface area contributed by atoms with Crippen molar-refractivity contribution in [2.45, 2.75) is 26.4 Å². The van der Waals surface area contributed by atoms with E-state index < -0.39 is 0 Å². The molecule has 0 heterocycles. The highest BCUT2D eigenvalue weighted by Gasteiger charge is 2.16. The normalized spacial score (nSPS) is 11.5. The van der Waals surface area contributed by atoms with Gasteiger partial charge in [0, 0.05) is 23.9 Å². The third-order valence-electron chi connectivity index (χ3n) is 3.75. The highest BCUT2D eigenvalue weighted by molar-refractivity contribution is 5.94. The molecule has 0 bridgehead atoms. The summed E-state index contributed by atoms with van der Waals surface area (Å²) in [5.41, 5.74) is 2.52. The lowest BCUT2D eigenvalue weighted by molar-refractivity contribution is -0.688. The molecular weight excluding hydrogens is 318 g/mol. The maximum Gasteiger partial charge on any atom is 0.282 e. The molecule has 2 amide bonds. The van der Waals surface area contributed by atoms with Crippen LogP contribution in [-0.4, -0.2) is 25.0 Å². The van der Waals surface area contributed by atoms with Gasteiger partial charge in [-0.3, -0.25) is 9.59 Å². The fourth-order valence-electron chi connectivity index (χ4n) is 2.28. The maximum atomic E-state index is 12.3. The molecule has 2 rings (SSSR count).